The van der Waals surface area contributed by atoms with Crippen molar-refractivity contribution in [3.8, 4) is 17.3 Å². The lowest BCUT2D eigenvalue weighted by atomic mass is 10.0. The van der Waals surface area contributed by atoms with E-state index in [-0.39, 0.29) is 5.82 Å². The Hall–Kier alpha value is -3.42. The number of hydrogen-bond donors (Lipinski definition) is 0. The number of benzene rings is 3. The smallest absolute Gasteiger partial charge is 0.199 e. The summed E-state index contributed by atoms with van der Waals surface area (Å²) >= 11 is 5.99. The van der Waals surface area contributed by atoms with Gasteiger partial charge in [0.05, 0.1) is 11.6 Å². The third-order valence-electron chi connectivity index (χ3n) is 4.58. The fourth-order valence-electron chi connectivity index (χ4n) is 3.09. The lowest BCUT2D eigenvalue weighted by Gasteiger charge is -2.02. The number of halogens is 2. The number of oxazole rings is 1. The van der Waals surface area contributed by atoms with E-state index in [9.17, 15) is 4.39 Å². The van der Waals surface area contributed by atoms with E-state index in [1.807, 2.05) is 36.4 Å². The first-order valence-electron chi connectivity index (χ1n) is 9.09. The van der Waals surface area contributed by atoms with E-state index in [1.165, 1.54) is 12.1 Å². The molecule has 0 atom stereocenters. The Labute approximate surface area is 173 Å². The molecule has 142 valence electrons. The highest BCUT2D eigenvalue weighted by molar-refractivity contribution is 6.30. The van der Waals surface area contributed by atoms with E-state index in [0.717, 1.165) is 28.1 Å². The average Bonchev–Trinajstić information content (AvgIpc) is 3.13. The second-order valence-corrected chi connectivity index (χ2v) is 7.11. The Balaban J connectivity index is 1.69. The maximum Gasteiger partial charge on any atom is 0.199 e. The summed E-state index contributed by atoms with van der Waals surface area (Å²) in [5.41, 5.74) is 4.16. The van der Waals surface area contributed by atoms with E-state index in [2.05, 4.69) is 6.07 Å². The van der Waals surface area contributed by atoms with Crippen LogP contribution in [0.25, 0.3) is 11.3 Å². The van der Waals surface area contributed by atoms with E-state index < -0.39 is 0 Å². The molecule has 3 nitrogen and oxygen atoms in total. The predicted octanol–water partition coefficient (Wildman–Crippen LogP) is 6.19. The van der Waals surface area contributed by atoms with Gasteiger partial charge >= 0.3 is 0 Å². The molecule has 1 heterocycles. The topological polar surface area (TPSA) is 49.8 Å². The number of hydrogen-bond acceptors (Lipinski definition) is 3. The van der Waals surface area contributed by atoms with Crippen molar-refractivity contribution in [1.29, 1.82) is 5.26 Å². The average molecular weight is 403 g/mol. The minimum Gasteiger partial charge on any atom is -0.444 e. The molecule has 1 aromatic heterocycles. The molecule has 0 saturated heterocycles. The van der Waals surface area contributed by atoms with Crippen molar-refractivity contribution >= 4 is 11.6 Å². The molecule has 29 heavy (non-hydrogen) atoms. The van der Waals surface area contributed by atoms with Crippen molar-refractivity contribution in [2.75, 3.05) is 0 Å². The SMILES string of the molecule is N#Cc1ccc(-c2nc(Cc3ccc(F)cc3)oc2Cc2ccc(Cl)cc2)cc1. The maximum atomic E-state index is 13.2. The van der Waals surface area contributed by atoms with Gasteiger partial charge in [0.1, 0.15) is 17.3 Å². The molecule has 0 spiro atoms. The van der Waals surface area contributed by atoms with Crippen LogP contribution in [0, 0.1) is 17.1 Å². The molecule has 0 aliphatic heterocycles. The van der Waals surface area contributed by atoms with E-state index in [4.69, 9.17) is 26.3 Å². The molecule has 0 amide bonds. The largest absolute Gasteiger partial charge is 0.444 e. The molecule has 0 saturated carbocycles. The van der Waals surface area contributed by atoms with Gasteiger partial charge in [0.2, 0.25) is 0 Å². The highest BCUT2D eigenvalue weighted by Gasteiger charge is 2.16. The zero-order chi connectivity index (χ0) is 20.2. The molecule has 0 aliphatic carbocycles. The second-order valence-electron chi connectivity index (χ2n) is 6.68. The summed E-state index contributed by atoms with van der Waals surface area (Å²) in [6, 6.07) is 23.2. The first kappa shape index (κ1) is 18.9. The lowest BCUT2D eigenvalue weighted by molar-refractivity contribution is 0.472. The normalized spacial score (nSPS) is 10.7. The van der Waals surface area contributed by atoms with Crippen molar-refractivity contribution < 1.29 is 8.81 Å². The van der Waals surface area contributed by atoms with Crippen LogP contribution in [0.1, 0.15) is 28.3 Å². The van der Waals surface area contributed by atoms with Crippen LogP contribution in [0.5, 0.6) is 0 Å². The molecule has 4 rings (SSSR count). The van der Waals surface area contributed by atoms with Crippen molar-refractivity contribution in [2.24, 2.45) is 0 Å². The van der Waals surface area contributed by atoms with Crippen LogP contribution in [-0.4, -0.2) is 4.98 Å². The number of rotatable bonds is 5. The standard InChI is InChI=1S/C24H16ClFN2O/c25-20-9-3-16(4-10-20)13-22-24(19-7-1-18(15-27)2-8-19)28-23(29-22)14-17-5-11-21(26)12-6-17/h1-12H,13-14H2. The highest BCUT2D eigenvalue weighted by atomic mass is 35.5. The monoisotopic (exact) mass is 402 g/mol. The third kappa shape index (κ3) is 4.53. The van der Waals surface area contributed by atoms with Gasteiger partial charge in [0.25, 0.3) is 0 Å². The second kappa shape index (κ2) is 8.30. The minimum atomic E-state index is -0.275. The van der Waals surface area contributed by atoms with Gasteiger partial charge in [0, 0.05) is 23.4 Å². The first-order chi connectivity index (χ1) is 14.1. The van der Waals surface area contributed by atoms with Crippen LogP contribution in [0.3, 0.4) is 0 Å². The zero-order valence-electron chi connectivity index (χ0n) is 15.4. The van der Waals surface area contributed by atoms with Gasteiger partial charge in [-0.05, 0) is 47.5 Å². The van der Waals surface area contributed by atoms with Crippen LogP contribution in [-0.2, 0) is 12.8 Å². The number of nitriles is 1. The Bertz CT molecular complexity index is 1160. The fourth-order valence-corrected chi connectivity index (χ4v) is 3.21. The summed E-state index contributed by atoms with van der Waals surface area (Å²) in [6.45, 7) is 0. The van der Waals surface area contributed by atoms with Gasteiger partial charge < -0.3 is 4.42 Å². The van der Waals surface area contributed by atoms with Gasteiger partial charge in [0.15, 0.2) is 5.89 Å². The van der Waals surface area contributed by atoms with Crippen LogP contribution in [0.2, 0.25) is 5.02 Å². The summed E-state index contributed by atoms with van der Waals surface area (Å²) in [6.07, 6.45) is 1.02. The molecular weight excluding hydrogens is 387 g/mol. The van der Waals surface area contributed by atoms with Crippen molar-refractivity contribution in [1.82, 2.24) is 4.98 Å². The zero-order valence-corrected chi connectivity index (χ0v) is 16.2. The summed E-state index contributed by atoms with van der Waals surface area (Å²) < 4.78 is 19.3. The van der Waals surface area contributed by atoms with E-state index >= 15 is 0 Å². The van der Waals surface area contributed by atoms with Gasteiger partial charge in [-0.3, -0.25) is 0 Å². The minimum absolute atomic E-state index is 0.275. The first-order valence-corrected chi connectivity index (χ1v) is 9.46. The van der Waals surface area contributed by atoms with Gasteiger partial charge in [-0.15, -0.1) is 0 Å². The Morgan fingerprint density at radius 1 is 0.862 bits per heavy atom. The lowest BCUT2D eigenvalue weighted by Crippen LogP contribution is -1.90. The Morgan fingerprint density at radius 2 is 1.48 bits per heavy atom. The summed E-state index contributed by atoms with van der Waals surface area (Å²) in [5, 5.41) is 9.71. The highest BCUT2D eigenvalue weighted by Crippen LogP contribution is 2.28. The van der Waals surface area contributed by atoms with E-state index in [0.29, 0.717) is 29.3 Å². The van der Waals surface area contributed by atoms with Crippen LogP contribution in [0.15, 0.2) is 77.2 Å². The van der Waals surface area contributed by atoms with Crippen molar-refractivity contribution in [3.05, 3.63) is 112 Å². The molecule has 4 aromatic rings. The molecule has 0 fully saturated rings. The Kier molecular flexibility index (Phi) is 5.41. The van der Waals surface area contributed by atoms with Crippen molar-refractivity contribution in [3.63, 3.8) is 0 Å². The maximum absolute atomic E-state index is 13.2. The summed E-state index contributed by atoms with van der Waals surface area (Å²) in [7, 11) is 0. The van der Waals surface area contributed by atoms with Crippen LogP contribution in [0.4, 0.5) is 4.39 Å². The van der Waals surface area contributed by atoms with E-state index in [1.54, 1.807) is 24.3 Å². The molecule has 5 heteroatoms. The predicted molar refractivity (Wildman–Crippen MR) is 110 cm³/mol. The third-order valence-corrected chi connectivity index (χ3v) is 4.83. The number of aromatic nitrogens is 1. The van der Waals surface area contributed by atoms with Gasteiger partial charge in [-0.25, -0.2) is 9.37 Å². The molecule has 0 N–H and O–H groups in total. The summed E-state index contributed by atoms with van der Waals surface area (Å²) in [4.78, 5) is 4.70. The number of nitrogens with zero attached hydrogens (tertiary/aromatic N) is 2. The molecule has 0 bridgehead atoms. The Morgan fingerprint density at radius 3 is 2.14 bits per heavy atom. The van der Waals surface area contributed by atoms with Crippen LogP contribution >= 0.6 is 11.6 Å². The molecule has 0 aliphatic rings. The quantitative estimate of drug-likeness (QED) is 0.400. The fraction of sp³-hybridized carbons (Fsp3) is 0.0833. The molecule has 0 radical (unpaired) electrons. The molecular formula is C24H16ClFN2O. The van der Waals surface area contributed by atoms with Crippen LogP contribution < -0.4 is 0 Å². The molecule has 3 aromatic carbocycles. The van der Waals surface area contributed by atoms with Gasteiger partial charge in [-0.2, -0.15) is 5.26 Å². The molecule has 0 unspecified atom stereocenters. The van der Waals surface area contributed by atoms with Crippen molar-refractivity contribution in [2.45, 2.75) is 12.8 Å². The summed E-state index contributed by atoms with van der Waals surface area (Å²) in [5.74, 6) is 1.01. The van der Waals surface area contributed by atoms with Gasteiger partial charge in [-0.1, -0.05) is 48.0 Å².